The largest absolute Gasteiger partial charge is 0.397 e. The van der Waals surface area contributed by atoms with E-state index < -0.39 is 15.8 Å². The van der Waals surface area contributed by atoms with Gasteiger partial charge >= 0.3 is 0 Å². The second kappa shape index (κ2) is 3.48. The van der Waals surface area contributed by atoms with Crippen LogP contribution in [-0.4, -0.2) is 20.1 Å². The molecule has 86 valence electrons. The summed E-state index contributed by atoms with van der Waals surface area (Å²) < 4.78 is 23.9. The molecule has 1 amide bonds. The van der Waals surface area contributed by atoms with E-state index in [-0.39, 0.29) is 27.9 Å². The Kier molecular flexibility index (Phi) is 2.38. The highest BCUT2D eigenvalue weighted by atomic mass is 32.2. The van der Waals surface area contributed by atoms with Crippen molar-refractivity contribution in [2.45, 2.75) is 11.8 Å². The third-order valence-electron chi connectivity index (χ3n) is 2.56. The zero-order valence-corrected chi connectivity index (χ0v) is 9.54. The van der Waals surface area contributed by atoms with Crippen molar-refractivity contribution in [3.8, 4) is 0 Å². The van der Waals surface area contributed by atoms with Crippen molar-refractivity contribution in [1.29, 1.82) is 0 Å². The monoisotopic (exact) mass is 240 g/mol. The summed E-state index contributed by atoms with van der Waals surface area (Å²) in [5.74, 6) is -1.08. The first-order valence-electron chi connectivity index (χ1n) is 4.84. The lowest BCUT2D eigenvalue weighted by Gasteiger charge is -2.08. The van der Waals surface area contributed by atoms with Gasteiger partial charge in [0.15, 0.2) is 9.84 Å². The number of para-hydroxylation sites is 1. The van der Waals surface area contributed by atoms with Gasteiger partial charge in [-0.1, -0.05) is 13.0 Å². The van der Waals surface area contributed by atoms with Crippen LogP contribution in [-0.2, 0) is 14.6 Å². The summed E-state index contributed by atoms with van der Waals surface area (Å²) in [7, 11) is -3.45. The molecule has 0 saturated carbocycles. The van der Waals surface area contributed by atoms with Crippen molar-refractivity contribution in [2.75, 3.05) is 16.8 Å². The maximum atomic E-state index is 12.0. The Balaban J connectivity index is 2.70. The average molecular weight is 240 g/mol. The topological polar surface area (TPSA) is 89.3 Å². The molecule has 2 rings (SSSR count). The van der Waals surface area contributed by atoms with Gasteiger partial charge in [-0.15, -0.1) is 0 Å². The number of nitrogen functional groups attached to an aromatic ring is 1. The van der Waals surface area contributed by atoms with Gasteiger partial charge in [0, 0.05) is 5.92 Å². The molecule has 1 atom stereocenters. The van der Waals surface area contributed by atoms with E-state index in [1.165, 1.54) is 6.07 Å². The average Bonchev–Trinajstić information content (AvgIpc) is 2.26. The van der Waals surface area contributed by atoms with E-state index in [9.17, 15) is 13.2 Å². The molecule has 0 aliphatic carbocycles. The normalized spacial score (nSPS) is 23.1. The Morgan fingerprint density at radius 2 is 2.12 bits per heavy atom. The summed E-state index contributed by atoms with van der Waals surface area (Å²) in [4.78, 5) is 11.7. The molecular formula is C10H12N2O3S. The van der Waals surface area contributed by atoms with Crippen LogP contribution < -0.4 is 11.1 Å². The fourth-order valence-corrected chi connectivity index (χ4v) is 3.44. The molecule has 0 radical (unpaired) electrons. The van der Waals surface area contributed by atoms with Gasteiger partial charge in [-0.3, -0.25) is 4.79 Å². The Labute approximate surface area is 93.6 Å². The lowest BCUT2D eigenvalue weighted by Crippen LogP contribution is -2.22. The molecule has 1 aromatic carbocycles. The standard InChI is InChI=1S/C10H12N2O3S/c1-6-5-16(14,15)8-4-2-3-7(11)9(8)12-10(6)13/h2-4,6H,5,11H2,1H3,(H,12,13). The van der Waals surface area contributed by atoms with Gasteiger partial charge in [-0.25, -0.2) is 8.42 Å². The number of amides is 1. The highest BCUT2D eigenvalue weighted by molar-refractivity contribution is 7.91. The third-order valence-corrected chi connectivity index (χ3v) is 4.51. The summed E-state index contributed by atoms with van der Waals surface area (Å²) in [6.07, 6.45) is 0. The minimum Gasteiger partial charge on any atom is -0.397 e. The van der Waals surface area contributed by atoms with E-state index in [0.29, 0.717) is 0 Å². The molecule has 0 fully saturated rings. The number of carbonyl (C=O) groups excluding carboxylic acids is 1. The van der Waals surface area contributed by atoms with Crippen LogP contribution in [0.2, 0.25) is 0 Å². The molecule has 16 heavy (non-hydrogen) atoms. The van der Waals surface area contributed by atoms with Gasteiger partial charge in [-0.2, -0.15) is 0 Å². The van der Waals surface area contributed by atoms with Crippen LogP contribution in [0.25, 0.3) is 0 Å². The summed E-state index contributed by atoms with van der Waals surface area (Å²) in [5.41, 5.74) is 6.13. The molecule has 1 aliphatic rings. The van der Waals surface area contributed by atoms with Gasteiger partial charge in [0.2, 0.25) is 5.91 Å². The van der Waals surface area contributed by atoms with Gasteiger partial charge in [-0.05, 0) is 12.1 Å². The van der Waals surface area contributed by atoms with Crippen LogP contribution >= 0.6 is 0 Å². The zero-order valence-electron chi connectivity index (χ0n) is 8.73. The summed E-state index contributed by atoms with van der Waals surface area (Å²) in [5, 5.41) is 2.55. The molecule has 6 heteroatoms. The van der Waals surface area contributed by atoms with E-state index in [1.54, 1.807) is 19.1 Å². The first-order valence-corrected chi connectivity index (χ1v) is 6.49. The van der Waals surface area contributed by atoms with Gasteiger partial charge in [0.25, 0.3) is 0 Å². The Hall–Kier alpha value is -1.56. The van der Waals surface area contributed by atoms with Gasteiger partial charge in [0.05, 0.1) is 22.0 Å². The molecule has 1 heterocycles. The fraction of sp³-hybridized carbons (Fsp3) is 0.300. The lowest BCUT2D eigenvalue weighted by atomic mass is 10.2. The number of hydrogen-bond acceptors (Lipinski definition) is 4. The smallest absolute Gasteiger partial charge is 0.228 e. The second-order valence-corrected chi connectivity index (χ2v) is 5.89. The van der Waals surface area contributed by atoms with Crippen molar-refractivity contribution in [3.05, 3.63) is 18.2 Å². The Morgan fingerprint density at radius 1 is 1.44 bits per heavy atom. The number of sulfone groups is 1. The molecule has 1 aliphatic heterocycles. The van der Waals surface area contributed by atoms with E-state index in [2.05, 4.69) is 5.32 Å². The van der Waals surface area contributed by atoms with Crippen LogP contribution in [0.3, 0.4) is 0 Å². The predicted molar refractivity (Wildman–Crippen MR) is 60.7 cm³/mol. The minimum atomic E-state index is -3.45. The van der Waals surface area contributed by atoms with Crippen LogP contribution in [0.1, 0.15) is 6.92 Å². The number of hydrogen-bond donors (Lipinski definition) is 2. The van der Waals surface area contributed by atoms with Crippen molar-refractivity contribution in [2.24, 2.45) is 5.92 Å². The number of nitrogens with one attached hydrogen (secondary N) is 1. The molecular weight excluding hydrogens is 228 g/mol. The van der Waals surface area contributed by atoms with E-state index >= 15 is 0 Å². The van der Waals surface area contributed by atoms with Crippen LogP contribution in [0.4, 0.5) is 11.4 Å². The van der Waals surface area contributed by atoms with Crippen molar-refractivity contribution >= 4 is 27.1 Å². The van der Waals surface area contributed by atoms with Crippen LogP contribution in [0, 0.1) is 5.92 Å². The number of rotatable bonds is 0. The first-order chi connectivity index (χ1) is 7.42. The number of nitrogens with two attached hydrogens (primary N) is 1. The molecule has 0 saturated heterocycles. The number of anilines is 2. The Bertz CT molecular complexity index is 551. The van der Waals surface area contributed by atoms with Gasteiger partial charge in [0.1, 0.15) is 0 Å². The second-order valence-electron chi connectivity index (χ2n) is 3.89. The van der Waals surface area contributed by atoms with E-state index in [4.69, 9.17) is 5.73 Å². The van der Waals surface area contributed by atoms with Crippen molar-refractivity contribution in [3.63, 3.8) is 0 Å². The van der Waals surface area contributed by atoms with Gasteiger partial charge < -0.3 is 11.1 Å². The number of benzene rings is 1. The maximum absolute atomic E-state index is 12.0. The van der Waals surface area contributed by atoms with Crippen molar-refractivity contribution < 1.29 is 13.2 Å². The van der Waals surface area contributed by atoms with Crippen LogP contribution in [0.15, 0.2) is 23.1 Å². The molecule has 1 unspecified atom stereocenters. The summed E-state index contributed by atoms with van der Waals surface area (Å²) in [6.45, 7) is 1.58. The molecule has 3 N–H and O–H groups in total. The minimum absolute atomic E-state index is 0.102. The quantitative estimate of drug-likeness (QED) is 0.651. The number of fused-ring (bicyclic) bond motifs is 1. The SMILES string of the molecule is CC1CS(=O)(=O)c2cccc(N)c2NC1=O. The van der Waals surface area contributed by atoms with E-state index in [0.717, 1.165) is 0 Å². The van der Waals surface area contributed by atoms with Crippen LogP contribution in [0.5, 0.6) is 0 Å². The predicted octanol–water partition coefficient (Wildman–Crippen LogP) is 0.631. The lowest BCUT2D eigenvalue weighted by molar-refractivity contribution is -0.118. The summed E-state index contributed by atoms with van der Waals surface area (Å²) in [6, 6.07) is 4.58. The molecule has 5 nitrogen and oxygen atoms in total. The Morgan fingerprint density at radius 3 is 2.81 bits per heavy atom. The van der Waals surface area contributed by atoms with Crippen molar-refractivity contribution in [1.82, 2.24) is 0 Å². The van der Waals surface area contributed by atoms with E-state index in [1.807, 2.05) is 0 Å². The highest BCUT2D eigenvalue weighted by Crippen LogP contribution is 2.32. The first kappa shape index (κ1) is 10.9. The summed E-state index contributed by atoms with van der Waals surface area (Å²) >= 11 is 0. The molecule has 0 spiro atoms. The molecule has 1 aromatic rings. The number of carbonyl (C=O) groups is 1. The zero-order chi connectivity index (χ0) is 11.9. The third kappa shape index (κ3) is 1.65. The molecule has 0 aromatic heterocycles. The fourth-order valence-electron chi connectivity index (χ4n) is 1.68. The highest BCUT2D eigenvalue weighted by Gasteiger charge is 2.31. The molecule has 0 bridgehead atoms. The maximum Gasteiger partial charge on any atom is 0.228 e.